The molecule has 3 heteroatoms. The van der Waals surface area contributed by atoms with Crippen LogP contribution in [0.5, 0.6) is 0 Å². The van der Waals surface area contributed by atoms with Crippen LogP contribution in [0, 0.1) is 0 Å². The summed E-state index contributed by atoms with van der Waals surface area (Å²) in [5.74, 6) is 0. The summed E-state index contributed by atoms with van der Waals surface area (Å²) >= 11 is 6.21. The van der Waals surface area contributed by atoms with Crippen LogP contribution in [-0.2, 0) is 0 Å². The Hall–Kier alpha value is -1.25. The van der Waals surface area contributed by atoms with Gasteiger partial charge >= 0.3 is 0 Å². The fraction of sp³-hybridized carbons (Fsp3) is 0.286. The zero-order valence-electron chi connectivity index (χ0n) is 10.2. The molecule has 92 valence electrons. The molecule has 0 fully saturated rings. The van der Waals surface area contributed by atoms with Crippen molar-refractivity contribution in [1.82, 2.24) is 0 Å². The molecular weight excluding hydrogens is 232 g/mol. The zero-order valence-corrected chi connectivity index (χ0v) is 11.0. The third kappa shape index (κ3) is 3.62. The topological polar surface area (TPSA) is 29.3 Å². The average molecular weight is 251 g/mol. The number of halogens is 1. The number of hydrogen-bond acceptors (Lipinski definition) is 2. The van der Waals surface area contributed by atoms with Crippen molar-refractivity contribution in [2.24, 2.45) is 5.73 Å². The van der Waals surface area contributed by atoms with Gasteiger partial charge in [0.05, 0.1) is 0 Å². The van der Waals surface area contributed by atoms with Gasteiger partial charge in [-0.1, -0.05) is 29.8 Å². The van der Waals surface area contributed by atoms with E-state index in [9.17, 15) is 0 Å². The quantitative estimate of drug-likeness (QED) is 0.783. The number of benzene rings is 1. The molecule has 1 aromatic carbocycles. The van der Waals surface area contributed by atoms with Gasteiger partial charge in [-0.2, -0.15) is 0 Å². The first-order valence-electron chi connectivity index (χ1n) is 5.62. The molecule has 1 aromatic rings. The van der Waals surface area contributed by atoms with E-state index in [-0.39, 0.29) is 6.04 Å². The third-order valence-corrected chi connectivity index (χ3v) is 2.87. The third-order valence-electron chi connectivity index (χ3n) is 2.54. The highest BCUT2D eigenvalue weighted by molar-refractivity contribution is 6.31. The number of rotatable bonds is 6. The molecule has 0 heterocycles. The van der Waals surface area contributed by atoms with Gasteiger partial charge in [0.2, 0.25) is 0 Å². The van der Waals surface area contributed by atoms with E-state index in [2.05, 4.69) is 18.1 Å². The Labute approximate surface area is 108 Å². The molecule has 0 aliphatic rings. The van der Waals surface area contributed by atoms with Gasteiger partial charge in [0, 0.05) is 29.8 Å². The maximum absolute atomic E-state index is 6.21. The van der Waals surface area contributed by atoms with Gasteiger partial charge in [0.25, 0.3) is 0 Å². The normalized spacial score (nSPS) is 11.9. The van der Waals surface area contributed by atoms with Crippen molar-refractivity contribution in [3.63, 3.8) is 0 Å². The SMILES string of the molecule is C=CCN(CC=C)c1ccc(C(C)N)c(Cl)c1. The molecule has 1 unspecified atom stereocenters. The van der Waals surface area contributed by atoms with Gasteiger partial charge in [-0.3, -0.25) is 0 Å². The molecule has 17 heavy (non-hydrogen) atoms. The van der Waals surface area contributed by atoms with E-state index in [0.717, 1.165) is 24.3 Å². The molecule has 0 spiro atoms. The second kappa shape index (κ2) is 6.48. The van der Waals surface area contributed by atoms with Crippen LogP contribution in [0.2, 0.25) is 5.02 Å². The predicted octanol–water partition coefficient (Wildman–Crippen LogP) is 3.54. The molecular formula is C14H19ClN2. The van der Waals surface area contributed by atoms with E-state index in [0.29, 0.717) is 5.02 Å². The summed E-state index contributed by atoms with van der Waals surface area (Å²) in [5.41, 5.74) is 7.85. The Kier molecular flexibility index (Phi) is 5.26. The molecule has 0 bridgehead atoms. The van der Waals surface area contributed by atoms with E-state index in [1.165, 1.54) is 0 Å². The van der Waals surface area contributed by atoms with E-state index < -0.39 is 0 Å². The summed E-state index contributed by atoms with van der Waals surface area (Å²) in [4.78, 5) is 2.14. The van der Waals surface area contributed by atoms with Crippen LogP contribution >= 0.6 is 11.6 Å². The highest BCUT2D eigenvalue weighted by Crippen LogP contribution is 2.27. The molecule has 0 aromatic heterocycles. The molecule has 0 aliphatic carbocycles. The summed E-state index contributed by atoms with van der Waals surface area (Å²) in [6.07, 6.45) is 3.72. The van der Waals surface area contributed by atoms with Crippen LogP contribution in [0.4, 0.5) is 5.69 Å². The van der Waals surface area contributed by atoms with Crippen molar-refractivity contribution in [1.29, 1.82) is 0 Å². The van der Waals surface area contributed by atoms with Crippen molar-refractivity contribution in [2.45, 2.75) is 13.0 Å². The van der Waals surface area contributed by atoms with Crippen molar-refractivity contribution >= 4 is 17.3 Å². The first kappa shape index (κ1) is 13.8. The van der Waals surface area contributed by atoms with E-state index in [1.54, 1.807) is 0 Å². The standard InChI is InChI=1S/C14H19ClN2/c1-4-8-17(9-5-2)12-6-7-13(11(3)16)14(15)10-12/h4-7,10-11H,1-2,8-9,16H2,3H3. The number of anilines is 1. The summed E-state index contributed by atoms with van der Waals surface area (Å²) in [5, 5.41) is 0.704. The fourth-order valence-electron chi connectivity index (χ4n) is 1.68. The van der Waals surface area contributed by atoms with Crippen LogP contribution in [0.15, 0.2) is 43.5 Å². The Morgan fingerprint density at radius 2 is 1.94 bits per heavy atom. The Balaban J connectivity index is 3.00. The van der Waals surface area contributed by atoms with E-state index >= 15 is 0 Å². The van der Waals surface area contributed by atoms with Crippen LogP contribution in [-0.4, -0.2) is 13.1 Å². The minimum Gasteiger partial charge on any atom is -0.364 e. The average Bonchev–Trinajstić information content (AvgIpc) is 2.28. The zero-order chi connectivity index (χ0) is 12.8. The molecule has 0 aliphatic heterocycles. The second-order valence-electron chi connectivity index (χ2n) is 3.98. The smallest absolute Gasteiger partial charge is 0.0474 e. The number of nitrogens with two attached hydrogens (primary N) is 1. The highest BCUT2D eigenvalue weighted by Gasteiger charge is 2.09. The van der Waals surface area contributed by atoms with Crippen LogP contribution in [0.25, 0.3) is 0 Å². The van der Waals surface area contributed by atoms with Gasteiger partial charge in [-0.05, 0) is 24.6 Å². The molecule has 2 N–H and O–H groups in total. The van der Waals surface area contributed by atoms with Gasteiger partial charge < -0.3 is 10.6 Å². The maximum atomic E-state index is 6.21. The van der Waals surface area contributed by atoms with Gasteiger partial charge in [-0.15, -0.1) is 13.2 Å². The minimum atomic E-state index is -0.0520. The van der Waals surface area contributed by atoms with Crippen LogP contribution < -0.4 is 10.6 Å². The lowest BCUT2D eigenvalue weighted by Crippen LogP contribution is -2.23. The minimum absolute atomic E-state index is 0.0520. The van der Waals surface area contributed by atoms with Crippen molar-refractivity contribution in [2.75, 3.05) is 18.0 Å². The highest BCUT2D eigenvalue weighted by atomic mass is 35.5. The molecule has 0 saturated carbocycles. The lowest BCUT2D eigenvalue weighted by atomic mass is 10.1. The Morgan fingerprint density at radius 3 is 2.35 bits per heavy atom. The van der Waals surface area contributed by atoms with Crippen molar-refractivity contribution < 1.29 is 0 Å². The summed E-state index contributed by atoms with van der Waals surface area (Å²) in [7, 11) is 0. The molecule has 0 saturated heterocycles. The monoisotopic (exact) mass is 250 g/mol. The number of hydrogen-bond donors (Lipinski definition) is 1. The largest absolute Gasteiger partial charge is 0.364 e. The van der Waals surface area contributed by atoms with Crippen LogP contribution in [0.1, 0.15) is 18.5 Å². The Morgan fingerprint density at radius 1 is 1.35 bits per heavy atom. The second-order valence-corrected chi connectivity index (χ2v) is 4.38. The van der Waals surface area contributed by atoms with E-state index in [1.807, 2.05) is 37.3 Å². The fourth-order valence-corrected chi connectivity index (χ4v) is 2.03. The van der Waals surface area contributed by atoms with Gasteiger partial charge in [0.1, 0.15) is 0 Å². The Bertz CT molecular complexity index is 389. The lowest BCUT2D eigenvalue weighted by Gasteiger charge is -2.22. The summed E-state index contributed by atoms with van der Waals surface area (Å²) in [6.45, 7) is 10.9. The summed E-state index contributed by atoms with van der Waals surface area (Å²) < 4.78 is 0. The molecule has 0 amide bonds. The maximum Gasteiger partial charge on any atom is 0.0474 e. The van der Waals surface area contributed by atoms with Gasteiger partial charge in [-0.25, -0.2) is 0 Å². The molecule has 1 rings (SSSR count). The van der Waals surface area contributed by atoms with Crippen molar-refractivity contribution in [3.05, 3.63) is 54.1 Å². The lowest BCUT2D eigenvalue weighted by molar-refractivity contribution is 0.817. The van der Waals surface area contributed by atoms with Crippen LogP contribution in [0.3, 0.4) is 0 Å². The first-order valence-corrected chi connectivity index (χ1v) is 5.99. The van der Waals surface area contributed by atoms with E-state index in [4.69, 9.17) is 17.3 Å². The van der Waals surface area contributed by atoms with Crippen molar-refractivity contribution in [3.8, 4) is 0 Å². The first-order chi connectivity index (χ1) is 8.10. The predicted molar refractivity (Wildman–Crippen MR) is 76.7 cm³/mol. The molecule has 2 nitrogen and oxygen atoms in total. The molecule has 0 radical (unpaired) electrons. The summed E-state index contributed by atoms with van der Waals surface area (Å²) in [6, 6.07) is 5.88. The number of nitrogens with zero attached hydrogens (tertiary/aromatic N) is 1. The van der Waals surface area contributed by atoms with Gasteiger partial charge in [0.15, 0.2) is 0 Å². The molecule has 1 atom stereocenters.